The lowest BCUT2D eigenvalue weighted by molar-refractivity contribution is 0.110. The predicted octanol–water partition coefficient (Wildman–Crippen LogP) is 3.99. The first-order valence-corrected chi connectivity index (χ1v) is 9.47. The Morgan fingerprint density at radius 1 is 1.12 bits per heavy atom. The quantitative estimate of drug-likeness (QED) is 0.730. The maximum Gasteiger partial charge on any atom is 0.0937 e. The summed E-state index contributed by atoms with van der Waals surface area (Å²) in [7, 11) is 0. The van der Waals surface area contributed by atoms with Crippen molar-refractivity contribution in [2.24, 2.45) is 0 Å². The number of aryl methyl sites for hydroxylation is 1. The van der Waals surface area contributed by atoms with Crippen molar-refractivity contribution in [2.75, 3.05) is 37.6 Å². The average molecular weight is 370 g/mol. The fourth-order valence-corrected chi connectivity index (χ4v) is 4.01. The number of aromatic nitrogens is 1. The van der Waals surface area contributed by atoms with Crippen LogP contribution in [0.5, 0.6) is 0 Å². The molecule has 26 heavy (non-hydrogen) atoms. The van der Waals surface area contributed by atoms with E-state index in [0.29, 0.717) is 6.54 Å². The molecule has 3 aromatic rings. The zero-order chi connectivity index (χ0) is 18.1. The Hall–Kier alpha value is -2.01. The van der Waals surface area contributed by atoms with Gasteiger partial charge in [-0.1, -0.05) is 35.4 Å². The summed E-state index contributed by atoms with van der Waals surface area (Å²) in [6, 6.07) is 14.3. The number of fused-ring (bicyclic) bond motifs is 1. The lowest BCUT2D eigenvalue weighted by Gasteiger charge is -2.37. The topological polar surface area (TPSA) is 42.5 Å². The SMILES string of the molecule is Cc1ccc2[nH]cc(C(O)CN3CCN(c4ccccc4Cl)CC3)c2c1. The minimum atomic E-state index is -0.489. The second kappa shape index (κ2) is 7.31. The summed E-state index contributed by atoms with van der Waals surface area (Å²) in [6.07, 6.45) is 1.45. The first-order valence-electron chi connectivity index (χ1n) is 9.09. The van der Waals surface area contributed by atoms with E-state index in [1.165, 1.54) is 5.56 Å². The van der Waals surface area contributed by atoms with E-state index in [0.717, 1.165) is 53.4 Å². The molecule has 0 spiro atoms. The maximum absolute atomic E-state index is 10.8. The number of piperazine rings is 1. The van der Waals surface area contributed by atoms with Gasteiger partial charge in [-0.2, -0.15) is 0 Å². The number of nitrogens with zero attached hydrogens (tertiary/aromatic N) is 2. The molecule has 136 valence electrons. The van der Waals surface area contributed by atoms with E-state index < -0.39 is 6.10 Å². The Morgan fingerprint density at radius 2 is 1.88 bits per heavy atom. The molecule has 0 aliphatic carbocycles. The molecule has 2 aromatic carbocycles. The number of nitrogens with one attached hydrogen (secondary N) is 1. The summed E-state index contributed by atoms with van der Waals surface area (Å²) >= 11 is 6.32. The molecule has 0 amide bonds. The summed E-state index contributed by atoms with van der Waals surface area (Å²) < 4.78 is 0. The zero-order valence-corrected chi connectivity index (χ0v) is 15.7. The number of aliphatic hydroxyl groups excluding tert-OH is 1. The van der Waals surface area contributed by atoms with Crippen molar-refractivity contribution >= 4 is 28.2 Å². The molecule has 1 aliphatic heterocycles. The van der Waals surface area contributed by atoms with Crippen molar-refractivity contribution in [3.05, 3.63) is 64.8 Å². The highest BCUT2D eigenvalue weighted by Crippen LogP contribution is 2.28. The van der Waals surface area contributed by atoms with Gasteiger partial charge in [-0.15, -0.1) is 0 Å². The third-order valence-corrected chi connectivity index (χ3v) is 5.54. The van der Waals surface area contributed by atoms with Crippen LogP contribution in [0.1, 0.15) is 17.2 Å². The van der Waals surface area contributed by atoms with E-state index in [4.69, 9.17) is 11.6 Å². The van der Waals surface area contributed by atoms with Gasteiger partial charge in [0.15, 0.2) is 0 Å². The lowest BCUT2D eigenvalue weighted by atomic mass is 10.1. The fourth-order valence-electron chi connectivity index (χ4n) is 3.75. The zero-order valence-electron chi connectivity index (χ0n) is 15.0. The fraction of sp³-hybridized carbons (Fsp3) is 0.333. The van der Waals surface area contributed by atoms with Crippen LogP contribution in [0.15, 0.2) is 48.7 Å². The minimum Gasteiger partial charge on any atom is -0.387 e. The number of H-pyrrole nitrogens is 1. The summed E-state index contributed by atoms with van der Waals surface area (Å²) in [5, 5.41) is 12.7. The van der Waals surface area contributed by atoms with E-state index in [9.17, 15) is 5.11 Å². The number of halogens is 1. The molecule has 0 bridgehead atoms. The van der Waals surface area contributed by atoms with Crippen LogP contribution in [0.3, 0.4) is 0 Å². The van der Waals surface area contributed by atoms with Gasteiger partial charge in [-0.25, -0.2) is 0 Å². The van der Waals surface area contributed by atoms with Gasteiger partial charge >= 0.3 is 0 Å². The Labute approximate surface area is 159 Å². The Bertz CT molecular complexity index is 899. The normalized spacial score (nSPS) is 17.0. The molecule has 1 atom stereocenters. The highest BCUT2D eigenvalue weighted by Gasteiger charge is 2.22. The van der Waals surface area contributed by atoms with Crippen LogP contribution in [-0.4, -0.2) is 47.7 Å². The number of aromatic amines is 1. The number of aliphatic hydroxyl groups is 1. The standard InChI is InChI=1S/C21H24ClN3O/c1-15-6-7-19-16(12-15)17(13-23-19)21(26)14-24-8-10-25(11-9-24)20-5-3-2-4-18(20)22/h2-7,12-13,21,23,26H,8-11,14H2,1H3. The van der Waals surface area contributed by atoms with Crippen LogP contribution in [0.2, 0.25) is 5.02 Å². The molecular formula is C21H24ClN3O. The van der Waals surface area contributed by atoms with Gasteiger partial charge in [0.1, 0.15) is 0 Å². The van der Waals surface area contributed by atoms with E-state index >= 15 is 0 Å². The van der Waals surface area contributed by atoms with Crippen molar-refractivity contribution in [3.8, 4) is 0 Å². The first kappa shape index (κ1) is 17.4. The molecule has 1 aromatic heterocycles. The third kappa shape index (κ3) is 3.45. The van der Waals surface area contributed by atoms with Gasteiger partial charge in [-0.3, -0.25) is 4.90 Å². The van der Waals surface area contributed by atoms with Gasteiger partial charge in [0, 0.05) is 55.4 Å². The lowest BCUT2D eigenvalue weighted by Crippen LogP contribution is -2.47. The van der Waals surface area contributed by atoms with E-state index in [2.05, 4.69) is 46.0 Å². The van der Waals surface area contributed by atoms with E-state index in [1.807, 2.05) is 24.4 Å². The molecule has 2 N–H and O–H groups in total. The number of hydrogen-bond acceptors (Lipinski definition) is 3. The van der Waals surface area contributed by atoms with Gasteiger partial charge in [0.05, 0.1) is 16.8 Å². The molecular weight excluding hydrogens is 346 g/mol. The number of β-amino-alcohol motifs (C(OH)–C–C–N with tert-alkyl or cyclic N) is 1. The highest BCUT2D eigenvalue weighted by atomic mass is 35.5. The van der Waals surface area contributed by atoms with Crippen molar-refractivity contribution in [1.29, 1.82) is 0 Å². The van der Waals surface area contributed by atoms with Gasteiger partial charge in [0.25, 0.3) is 0 Å². The maximum atomic E-state index is 10.8. The predicted molar refractivity (Wildman–Crippen MR) is 108 cm³/mol. The van der Waals surface area contributed by atoms with Crippen LogP contribution in [0.25, 0.3) is 10.9 Å². The van der Waals surface area contributed by atoms with Crippen LogP contribution in [-0.2, 0) is 0 Å². The number of rotatable bonds is 4. The van der Waals surface area contributed by atoms with Crippen molar-refractivity contribution < 1.29 is 5.11 Å². The molecule has 4 rings (SSSR count). The second-order valence-electron chi connectivity index (χ2n) is 7.05. The molecule has 0 saturated carbocycles. The van der Waals surface area contributed by atoms with E-state index in [1.54, 1.807) is 0 Å². The first-order chi connectivity index (χ1) is 12.6. The van der Waals surface area contributed by atoms with Crippen molar-refractivity contribution in [2.45, 2.75) is 13.0 Å². The summed E-state index contributed by atoms with van der Waals surface area (Å²) in [5.74, 6) is 0. The van der Waals surface area contributed by atoms with Gasteiger partial charge < -0.3 is 15.0 Å². The van der Waals surface area contributed by atoms with E-state index in [-0.39, 0.29) is 0 Å². The second-order valence-corrected chi connectivity index (χ2v) is 7.46. The van der Waals surface area contributed by atoms with Gasteiger partial charge in [0.2, 0.25) is 0 Å². The van der Waals surface area contributed by atoms with Gasteiger partial charge in [-0.05, 0) is 31.2 Å². The highest BCUT2D eigenvalue weighted by molar-refractivity contribution is 6.33. The van der Waals surface area contributed by atoms with Crippen LogP contribution in [0.4, 0.5) is 5.69 Å². The van der Waals surface area contributed by atoms with Crippen LogP contribution in [0, 0.1) is 6.92 Å². The molecule has 4 nitrogen and oxygen atoms in total. The molecule has 1 saturated heterocycles. The summed E-state index contributed by atoms with van der Waals surface area (Å²) in [4.78, 5) is 7.91. The number of hydrogen-bond donors (Lipinski definition) is 2. The molecule has 5 heteroatoms. The number of para-hydroxylation sites is 1. The molecule has 1 unspecified atom stereocenters. The molecule has 1 aliphatic rings. The van der Waals surface area contributed by atoms with Crippen molar-refractivity contribution in [3.63, 3.8) is 0 Å². The molecule has 2 heterocycles. The average Bonchev–Trinajstić information content (AvgIpc) is 3.06. The van der Waals surface area contributed by atoms with Crippen molar-refractivity contribution in [1.82, 2.24) is 9.88 Å². The minimum absolute atomic E-state index is 0.489. The number of anilines is 1. The van der Waals surface area contributed by atoms with Crippen LogP contribution >= 0.6 is 11.6 Å². The molecule has 1 fully saturated rings. The van der Waals surface area contributed by atoms with Crippen LogP contribution < -0.4 is 4.90 Å². The third-order valence-electron chi connectivity index (χ3n) is 5.22. The number of benzene rings is 2. The Balaban J connectivity index is 1.41. The monoisotopic (exact) mass is 369 g/mol. The summed E-state index contributed by atoms with van der Waals surface area (Å²) in [5.41, 5.74) is 4.37. The molecule has 0 radical (unpaired) electrons. The summed E-state index contributed by atoms with van der Waals surface area (Å²) in [6.45, 7) is 6.41. The smallest absolute Gasteiger partial charge is 0.0937 e. The Kier molecular flexibility index (Phi) is 4.90. The Morgan fingerprint density at radius 3 is 2.65 bits per heavy atom. The largest absolute Gasteiger partial charge is 0.387 e.